The molecule has 10 nitrogen and oxygen atoms in total. The van der Waals surface area contributed by atoms with Gasteiger partial charge in [0.1, 0.15) is 5.69 Å². The lowest BCUT2D eigenvalue weighted by atomic mass is 10.2. The first kappa shape index (κ1) is 23.1. The van der Waals surface area contributed by atoms with E-state index in [1.807, 2.05) is 0 Å². The molecule has 0 aliphatic carbocycles. The summed E-state index contributed by atoms with van der Waals surface area (Å²) in [6, 6.07) is 8.22. The SMILES string of the molecule is CCOc1cc(C=NNc2ccc(S(=O)(=O)N(CC)CC)cc2[N+](=O)[O-])ccc1O. The van der Waals surface area contributed by atoms with Gasteiger partial charge in [-0.15, -0.1) is 0 Å². The standard InChI is InChI=1S/C19H24N4O6S/c1-4-22(5-2)30(27,28)15-8-9-16(17(12-15)23(25)26)21-20-13-14-7-10-18(24)19(11-14)29-6-3/h7-13,21,24H,4-6H2,1-3H3. The van der Waals surface area contributed by atoms with Gasteiger partial charge in [0.2, 0.25) is 10.0 Å². The van der Waals surface area contributed by atoms with Crippen molar-refractivity contribution in [1.29, 1.82) is 0 Å². The number of rotatable bonds is 10. The Balaban J connectivity index is 2.29. The van der Waals surface area contributed by atoms with E-state index < -0.39 is 20.6 Å². The summed E-state index contributed by atoms with van der Waals surface area (Å²) in [5.41, 5.74) is 2.78. The van der Waals surface area contributed by atoms with E-state index in [4.69, 9.17) is 4.74 Å². The van der Waals surface area contributed by atoms with Gasteiger partial charge < -0.3 is 9.84 Å². The van der Waals surface area contributed by atoms with E-state index in [1.165, 1.54) is 28.7 Å². The first-order valence-electron chi connectivity index (χ1n) is 9.28. The monoisotopic (exact) mass is 436 g/mol. The van der Waals surface area contributed by atoms with Crippen LogP contribution in [0.4, 0.5) is 11.4 Å². The Hall–Kier alpha value is -3.18. The average Bonchev–Trinajstić information content (AvgIpc) is 2.71. The highest BCUT2D eigenvalue weighted by molar-refractivity contribution is 7.89. The predicted octanol–water partition coefficient (Wildman–Crippen LogP) is 3.18. The molecule has 11 heteroatoms. The Labute approximate surface area is 175 Å². The van der Waals surface area contributed by atoms with Gasteiger partial charge in [0.25, 0.3) is 5.69 Å². The fourth-order valence-corrected chi connectivity index (χ4v) is 4.17. The van der Waals surface area contributed by atoms with Crippen molar-refractivity contribution >= 4 is 27.6 Å². The third-order valence-corrected chi connectivity index (χ3v) is 6.24. The molecule has 0 saturated carbocycles. The maximum absolute atomic E-state index is 12.6. The van der Waals surface area contributed by atoms with Crippen molar-refractivity contribution in [2.45, 2.75) is 25.7 Å². The average molecular weight is 436 g/mol. The first-order chi connectivity index (χ1) is 14.2. The fraction of sp³-hybridized carbons (Fsp3) is 0.316. The molecular weight excluding hydrogens is 412 g/mol. The Morgan fingerprint density at radius 2 is 1.90 bits per heavy atom. The van der Waals surface area contributed by atoms with Crippen molar-refractivity contribution in [1.82, 2.24) is 4.31 Å². The number of phenols is 1. The number of nitrogens with zero attached hydrogens (tertiary/aromatic N) is 3. The van der Waals surface area contributed by atoms with Crippen molar-refractivity contribution in [3.8, 4) is 11.5 Å². The van der Waals surface area contributed by atoms with E-state index in [0.717, 1.165) is 6.07 Å². The molecule has 0 fully saturated rings. The molecule has 2 aromatic rings. The maximum Gasteiger partial charge on any atom is 0.295 e. The molecule has 0 spiro atoms. The second-order valence-corrected chi connectivity index (χ2v) is 7.99. The zero-order valence-corrected chi connectivity index (χ0v) is 17.7. The predicted molar refractivity (Wildman–Crippen MR) is 114 cm³/mol. The highest BCUT2D eigenvalue weighted by Crippen LogP contribution is 2.29. The van der Waals surface area contributed by atoms with Gasteiger partial charge in [-0.05, 0) is 42.8 Å². The largest absolute Gasteiger partial charge is 0.504 e. The zero-order valence-electron chi connectivity index (χ0n) is 16.9. The van der Waals surface area contributed by atoms with E-state index in [-0.39, 0.29) is 29.4 Å². The summed E-state index contributed by atoms with van der Waals surface area (Å²) in [6.45, 7) is 6.06. The number of nitro benzene ring substituents is 1. The lowest BCUT2D eigenvalue weighted by Gasteiger charge is -2.18. The van der Waals surface area contributed by atoms with Crippen LogP contribution in [0.3, 0.4) is 0 Å². The molecule has 0 heterocycles. The molecule has 0 bridgehead atoms. The van der Waals surface area contributed by atoms with Crippen LogP contribution in [-0.4, -0.2) is 48.7 Å². The van der Waals surface area contributed by atoms with E-state index in [9.17, 15) is 23.6 Å². The normalized spacial score (nSPS) is 11.7. The lowest BCUT2D eigenvalue weighted by Crippen LogP contribution is -2.30. The van der Waals surface area contributed by atoms with Crippen LogP contribution in [0, 0.1) is 10.1 Å². The van der Waals surface area contributed by atoms with E-state index in [1.54, 1.807) is 32.9 Å². The first-order valence-corrected chi connectivity index (χ1v) is 10.7. The smallest absolute Gasteiger partial charge is 0.295 e. The van der Waals surface area contributed by atoms with Gasteiger partial charge in [-0.1, -0.05) is 13.8 Å². The molecule has 0 aliphatic heterocycles. The van der Waals surface area contributed by atoms with Crippen LogP contribution in [0.15, 0.2) is 46.4 Å². The van der Waals surface area contributed by atoms with Gasteiger partial charge in [-0.2, -0.15) is 9.41 Å². The number of benzene rings is 2. The number of hydrazone groups is 1. The number of nitro groups is 1. The van der Waals surface area contributed by atoms with E-state index in [2.05, 4.69) is 10.5 Å². The molecule has 0 aliphatic rings. The van der Waals surface area contributed by atoms with Gasteiger partial charge in [0.05, 0.1) is 22.6 Å². The Morgan fingerprint density at radius 3 is 2.50 bits per heavy atom. The van der Waals surface area contributed by atoms with Crippen LogP contribution in [0.1, 0.15) is 26.3 Å². The number of nitrogens with one attached hydrogen (secondary N) is 1. The highest BCUT2D eigenvalue weighted by Gasteiger charge is 2.25. The molecule has 0 saturated heterocycles. The van der Waals surface area contributed by atoms with Gasteiger partial charge in [0, 0.05) is 19.2 Å². The minimum Gasteiger partial charge on any atom is -0.504 e. The summed E-state index contributed by atoms with van der Waals surface area (Å²) in [5, 5.41) is 25.1. The van der Waals surface area contributed by atoms with Gasteiger partial charge >= 0.3 is 0 Å². The molecule has 0 amide bonds. The van der Waals surface area contributed by atoms with Crippen LogP contribution < -0.4 is 10.2 Å². The van der Waals surface area contributed by atoms with Gasteiger partial charge in [0.15, 0.2) is 11.5 Å². The summed E-state index contributed by atoms with van der Waals surface area (Å²) in [7, 11) is -3.83. The number of sulfonamides is 1. The van der Waals surface area contributed by atoms with E-state index >= 15 is 0 Å². The zero-order chi connectivity index (χ0) is 22.3. The number of anilines is 1. The highest BCUT2D eigenvalue weighted by atomic mass is 32.2. The summed E-state index contributed by atoms with van der Waals surface area (Å²) in [6.07, 6.45) is 1.40. The summed E-state index contributed by atoms with van der Waals surface area (Å²) in [5.74, 6) is 0.279. The molecule has 2 aromatic carbocycles. The third kappa shape index (κ3) is 5.24. The number of hydrogen-bond donors (Lipinski definition) is 2. The lowest BCUT2D eigenvalue weighted by molar-refractivity contribution is -0.384. The Morgan fingerprint density at radius 1 is 1.20 bits per heavy atom. The number of hydrogen-bond acceptors (Lipinski definition) is 8. The minimum absolute atomic E-state index is 0.0115. The second kappa shape index (κ2) is 10.0. The van der Waals surface area contributed by atoms with Crippen molar-refractivity contribution in [2.75, 3.05) is 25.1 Å². The molecule has 0 unspecified atom stereocenters. The Bertz CT molecular complexity index is 1040. The molecule has 30 heavy (non-hydrogen) atoms. The van der Waals surface area contributed by atoms with Crippen molar-refractivity contribution in [2.24, 2.45) is 5.10 Å². The van der Waals surface area contributed by atoms with Crippen LogP contribution >= 0.6 is 0 Å². The van der Waals surface area contributed by atoms with Crippen LogP contribution in [-0.2, 0) is 10.0 Å². The van der Waals surface area contributed by atoms with E-state index in [0.29, 0.717) is 17.9 Å². The third-order valence-electron chi connectivity index (χ3n) is 4.19. The van der Waals surface area contributed by atoms with Gasteiger partial charge in [-0.3, -0.25) is 15.5 Å². The summed E-state index contributed by atoms with van der Waals surface area (Å²) in [4.78, 5) is 10.6. The summed E-state index contributed by atoms with van der Waals surface area (Å²) >= 11 is 0. The molecule has 2 N–H and O–H groups in total. The molecule has 2 rings (SSSR count). The topological polar surface area (TPSA) is 134 Å². The Kier molecular flexibility index (Phi) is 7.72. The molecular formula is C19H24N4O6S. The minimum atomic E-state index is -3.83. The number of aromatic hydroxyl groups is 1. The van der Waals surface area contributed by atoms with Crippen LogP contribution in [0.2, 0.25) is 0 Å². The number of phenolic OH excluding ortho intramolecular Hbond substituents is 1. The summed E-state index contributed by atoms with van der Waals surface area (Å²) < 4.78 is 31.7. The molecule has 0 radical (unpaired) electrons. The fourth-order valence-electron chi connectivity index (χ4n) is 2.69. The van der Waals surface area contributed by atoms with Crippen molar-refractivity contribution < 1.29 is 23.2 Å². The van der Waals surface area contributed by atoms with Gasteiger partial charge in [-0.25, -0.2) is 8.42 Å². The van der Waals surface area contributed by atoms with Crippen LogP contribution in [0.25, 0.3) is 0 Å². The number of ether oxygens (including phenoxy) is 1. The quantitative estimate of drug-likeness (QED) is 0.332. The maximum atomic E-state index is 12.6. The molecule has 0 atom stereocenters. The molecule has 0 aromatic heterocycles. The second-order valence-electron chi connectivity index (χ2n) is 6.06. The van der Waals surface area contributed by atoms with Crippen molar-refractivity contribution in [3.63, 3.8) is 0 Å². The molecule has 162 valence electrons. The van der Waals surface area contributed by atoms with Crippen LogP contribution in [0.5, 0.6) is 11.5 Å². The van der Waals surface area contributed by atoms with Crippen molar-refractivity contribution in [3.05, 3.63) is 52.1 Å².